The highest BCUT2D eigenvalue weighted by molar-refractivity contribution is 8.04. The Hall–Kier alpha value is -2.73. The van der Waals surface area contributed by atoms with Crippen molar-refractivity contribution >= 4 is 34.8 Å². The predicted molar refractivity (Wildman–Crippen MR) is 104 cm³/mol. The lowest BCUT2D eigenvalue weighted by atomic mass is 10.1. The fraction of sp³-hybridized carbons (Fsp3) is 0.200. The van der Waals surface area contributed by atoms with Crippen molar-refractivity contribution in [1.82, 2.24) is 0 Å². The molecule has 1 heterocycles. The molecule has 0 fully saturated rings. The molecule has 26 heavy (non-hydrogen) atoms. The molecule has 1 aliphatic heterocycles. The fourth-order valence-corrected chi connectivity index (χ4v) is 3.69. The quantitative estimate of drug-likeness (QED) is 0.726. The van der Waals surface area contributed by atoms with E-state index in [-0.39, 0.29) is 11.8 Å². The van der Waals surface area contributed by atoms with Crippen LogP contribution in [0.5, 0.6) is 11.5 Å². The zero-order chi connectivity index (χ0) is 18.7. The van der Waals surface area contributed by atoms with Gasteiger partial charge in [0.15, 0.2) is 0 Å². The normalized spacial score (nSPS) is 14.2. The Morgan fingerprint density at radius 1 is 0.962 bits per heavy atom. The van der Waals surface area contributed by atoms with Crippen molar-refractivity contribution in [1.29, 1.82) is 0 Å². The number of thioether (sulfide) groups is 1. The average molecular weight is 369 g/mol. The van der Waals surface area contributed by atoms with Crippen LogP contribution in [0, 0.1) is 0 Å². The average Bonchev–Trinajstić information content (AvgIpc) is 2.92. The van der Waals surface area contributed by atoms with Gasteiger partial charge < -0.3 is 9.47 Å². The summed E-state index contributed by atoms with van der Waals surface area (Å²) in [6, 6.07) is 14.3. The minimum atomic E-state index is -0.347. The first-order valence-electron chi connectivity index (χ1n) is 8.15. The van der Waals surface area contributed by atoms with Gasteiger partial charge in [-0.3, -0.25) is 9.59 Å². The summed E-state index contributed by atoms with van der Waals surface area (Å²) in [5, 5.41) is 0. The molecule has 0 aromatic heterocycles. The Morgan fingerprint density at radius 3 is 2.31 bits per heavy atom. The number of nitrogens with zero attached hydrogens (tertiary/aromatic N) is 1. The monoisotopic (exact) mass is 369 g/mol. The summed E-state index contributed by atoms with van der Waals surface area (Å²) in [6.07, 6.45) is 0. The number of methoxy groups -OCH3 is 2. The zero-order valence-corrected chi connectivity index (χ0v) is 15.6. The second-order valence-corrected chi connectivity index (χ2v) is 6.76. The van der Waals surface area contributed by atoms with Gasteiger partial charge in [0.1, 0.15) is 11.5 Å². The minimum Gasteiger partial charge on any atom is -0.497 e. The van der Waals surface area contributed by atoms with Crippen molar-refractivity contribution in [3.8, 4) is 11.5 Å². The second-order valence-electron chi connectivity index (χ2n) is 5.49. The molecule has 134 valence electrons. The largest absolute Gasteiger partial charge is 0.497 e. The van der Waals surface area contributed by atoms with Gasteiger partial charge in [0.05, 0.1) is 30.4 Å². The molecule has 3 rings (SSSR count). The van der Waals surface area contributed by atoms with Crippen LogP contribution >= 0.6 is 11.8 Å². The molecular weight excluding hydrogens is 350 g/mol. The van der Waals surface area contributed by atoms with Crippen molar-refractivity contribution in [3.05, 3.63) is 59.0 Å². The Balaban J connectivity index is 2.10. The Labute approximate surface area is 156 Å². The summed E-state index contributed by atoms with van der Waals surface area (Å²) in [4.78, 5) is 27.9. The first kappa shape index (κ1) is 18.1. The number of benzene rings is 2. The van der Waals surface area contributed by atoms with Crippen LogP contribution in [0.3, 0.4) is 0 Å². The summed E-state index contributed by atoms with van der Waals surface area (Å²) < 4.78 is 10.6. The van der Waals surface area contributed by atoms with Crippen LogP contribution < -0.4 is 14.4 Å². The summed E-state index contributed by atoms with van der Waals surface area (Å²) in [6.45, 7) is 1.95. The van der Waals surface area contributed by atoms with E-state index in [1.807, 2.05) is 37.3 Å². The van der Waals surface area contributed by atoms with E-state index in [0.717, 1.165) is 5.56 Å². The van der Waals surface area contributed by atoms with Crippen molar-refractivity contribution in [3.63, 3.8) is 0 Å². The van der Waals surface area contributed by atoms with Gasteiger partial charge in [-0.1, -0.05) is 37.3 Å². The first-order valence-corrected chi connectivity index (χ1v) is 9.14. The van der Waals surface area contributed by atoms with Crippen molar-refractivity contribution in [2.75, 3.05) is 24.9 Å². The number of hydrogen-bond acceptors (Lipinski definition) is 5. The van der Waals surface area contributed by atoms with Crippen molar-refractivity contribution in [2.45, 2.75) is 6.92 Å². The van der Waals surface area contributed by atoms with Gasteiger partial charge in [0.2, 0.25) is 0 Å². The standard InChI is InChI=1S/C20H19NO4S/c1-4-26-18-17(13-8-6-5-7-9-13)19(22)21(20(18)23)15-11-10-14(24-2)12-16(15)25-3/h5-12H,4H2,1-3H3. The molecule has 0 bridgehead atoms. The van der Waals surface area contributed by atoms with E-state index in [2.05, 4.69) is 0 Å². The first-order chi connectivity index (χ1) is 12.6. The number of hydrogen-bond donors (Lipinski definition) is 0. The second kappa shape index (κ2) is 7.66. The number of anilines is 1. The molecule has 0 saturated heterocycles. The molecule has 1 aliphatic rings. The SMILES string of the molecule is CCSC1=C(c2ccccc2)C(=O)N(c2ccc(OC)cc2OC)C1=O. The molecule has 2 amide bonds. The lowest BCUT2D eigenvalue weighted by molar-refractivity contribution is -0.119. The minimum absolute atomic E-state index is 0.329. The molecule has 0 unspecified atom stereocenters. The van der Waals surface area contributed by atoms with E-state index in [1.165, 1.54) is 23.8 Å². The number of amides is 2. The lowest BCUT2D eigenvalue weighted by Gasteiger charge is -2.19. The smallest absolute Gasteiger partial charge is 0.272 e. The highest BCUT2D eigenvalue weighted by Crippen LogP contribution is 2.42. The highest BCUT2D eigenvalue weighted by atomic mass is 32.2. The van der Waals surface area contributed by atoms with E-state index in [4.69, 9.17) is 9.47 Å². The summed E-state index contributed by atoms with van der Waals surface area (Å²) in [5.41, 5.74) is 1.57. The van der Waals surface area contributed by atoms with Gasteiger partial charge in [-0.05, 0) is 23.4 Å². The Bertz CT molecular complexity index is 877. The number of carbonyl (C=O) groups excluding carboxylic acids is 2. The van der Waals surface area contributed by atoms with Gasteiger partial charge in [-0.2, -0.15) is 0 Å². The molecule has 5 nitrogen and oxygen atoms in total. The van der Waals surface area contributed by atoms with Crippen LogP contribution in [0.2, 0.25) is 0 Å². The van der Waals surface area contributed by atoms with Gasteiger partial charge in [-0.25, -0.2) is 4.90 Å². The molecule has 6 heteroatoms. The van der Waals surface area contributed by atoms with Gasteiger partial charge >= 0.3 is 0 Å². The lowest BCUT2D eigenvalue weighted by Crippen LogP contribution is -2.31. The van der Waals surface area contributed by atoms with Crippen LogP contribution in [0.15, 0.2) is 53.4 Å². The maximum atomic E-state index is 13.2. The summed E-state index contributed by atoms with van der Waals surface area (Å²) >= 11 is 1.38. The fourth-order valence-electron chi connectivity index (χ4n) is 2.84. The Kier molecular flexibility index (Phi) is 5.32. The van der Waals surface area contributed by atoms with E-state index in [0.29, 0.717) is 33.4 Å². The molecule has 0 saturated carbocycles. The maximum absolute atomic E-state index is 13.2. The molecular formula is C20H19NO4S. The molecule has 2 aromatic carbocycles. The number of imide groups is 1. The van der Waals surface area contributed by atoms with Crippen LogP contribution in [0.1, 0.15) is 12.5 Å². The molecule has 2 aromatic rings. The van der Waals surface area contributed by atoms with Crippen molar-refractivity contribution in [2.24, 2.45) is 0 Å². The molecule has 0 aliphatic carbocycles. The third kappa shape index (κ3) is 3.08. The van der Waals surface area contributed by atoms with Gasteiger partial charge in [-0.15, -0.1) is 11.8 Å². The van der Waals surface area contributed by atoms with Crippen LogP contribution in [-0.4, -0.2) is 31.8 Å². The highest BCUT2D eigenvalue weighted by Gasteiger charge is 2.41. The molecule has 0 atom stereocenters. The zero-order valence-electron chi connectivity index (χ0n) is 14.8. The van der Waals surface area contributed by atoms with Crippen molar-refractivity contribution < 1.29 is 19.1 Å². The van der Waals surface area contributed by atoms with E-state index in [9.17, 15) is 9.59 Å². The topological polar surface area (TPSA) is 55.8 Å². The van der Waals surface area contributed by atoms with Gasteiger partial charge in [0, 0.05) is 6.07 Å². The number of carbonyl (C=O) groups is 2. The van der Waals surface area contributed by atoms with Gasteiger partial charge in [0.25, 0.3) is 11.8 Å². The van der Waals surface area contributed by atoms with E-state index >= 15 is 0 Å². The van der Waals surface area contributed by atoms with Crippen LogP contribution in [0.4, 0.5) is 5.69 Å². The molecule has 0 spiro atoms. The Morgan fingerprint density at radius 2 is 1.69 bits per heavy atom. The summed E-state index contributed by atoms with van der Waals surface area (Å²) in [5.74, 6) is 1.01. The van der Waals surface area contributed by atoms with Crippen LogP contribution in [-0.2, 0) is 9.59 Å². The predicted octanol–water partition coefficient (Wildman–Crippen LogP) is 3.74. The maximum Gasteiger partial charge on any atom is 0.272 e. The third-order valence-electron chi connectivity index (χ3n) is 4.02. The molecule has 0 N–H and O–H groups in total. The summed E-state index contributed by atoms with van der Waals surface area (Å²) in [7, 11) is 3.04. The van der Waals surface area contributed by atoms with Crippen LogP contribution in [0.25, 0.3) is 5.57 Å². The third-order valence-corrected chi connectivity index (χ3v) is 4.98. The van der Waals surface area contributed by atoms with E-state index < -0.39 is 0 Å². The molecule has 0 radical (unpaired) electrons. The number of rotatable bonds is 6. The van der Waals surface area contributed by atoms with E-state index in [1.54, 1.807) is 25.3 Å². The number of ether oxygens (including phenoxy) is 2.